The molecule has 0 aliphatic heterocycles. The van der Waals surface area contributed by atoms with Crippen LogP contribution < -0.4 is 10.1 Å². The molecule has 4 nitrogen and oxygen atoms in total. The van der Waals surface area contributed by atoms with Crippen LogP contribution in [0.25, 0.3) is 0 Å². The maximum Gasteiger partial charge on any atom is 0.255 e. The molecule has 0 spiro atoms. The summed E-state index contributed by atoms with van der Waals surface area (Å²) in [5, 5.41) is 11.5. The maximum absolute atomic E-state index is 12.2. The lowest BCUT2D eigenvalue weighted by molar-refractivity contribution is 0.102. The Hall–Kier alpha value is -2.32. The van der Waals surface area contributed by atoms with E-state index < -0.39 is 0 Å². The van der Waals surface area contributed by atoms with Crippen molar-refractivity contribution in [3.8, 4) is 11.8 Å². The van der Waals surface area contributed by atoms with Crippen molar-refractivity contribution in [2.24, 2.45) is 0 Å². The van der Waals surface area contributed by atoms with Crippen LogP contribution in [-0.2, 0) is 0 Å². The molecule has 2 rings (SSSR count). The largest absolute Gasteiger partial charge is 0.490 e. The summed E-state index contributed by atoms with van der Waals surface area (Å²) >= 11 is 3.41. The first kappa shape index (κ1) is 16.1. The molecule has 0 saturated carbocycles. The second-order valence-electron chi connectivity index (χ2n) is 4.96. The number of carbonyl (C=O) groups is 1. The van der Waals surface area contributed by atoms with Crippen LogP contribution in [0.15, 0.2) is 46.9 Å². The zero-order valence-corrected chi connectivity index (χ0v) is 13.8. The van der Waals surface area contributed by atoms with Gasteiger partial charge in [0.05, 0.1) is 22.2 Å². The quantitative estimate of drug-likeness (QED) is 0.882. The molecule has 0 unspecified atom stereocenters. The van der Waals surface area contributed by atoms with Crippen LogP contribution >= 0.6 is 15.9 Å². The average Bonchev–Trinajstić information content (AvgIpc) is 2.49. The first-order valence-corrected chi connectivity index (χ1v) is 7.56. The van der Waals surface area contributed by atoms with Gasteiger partial charge in [0.1, 0.15) is 5.75 Å². The summed E-state index contributed by atoms with van der Waals surface area (Å²) in [5.41, 5.74) is 1.71. The van der Waals surface area contributed by atoms with Gasteiger partial charge in [0.2, 0.25) is 0 Å². The van der Waals surface area contributed by atoms with Crippen molar-refractivity contribution in [2.45, 2.75) is 20.0 Å². The average molecular weight is 359 g/mol. The molecule has 1 amide bonds. The molecule has 0 aliphatic carbocycles. The van der Waals surface area contributed by atoms with E-state index in [-0.39, 0.29) is 12.0 Å². The minimum atomic E-state index is -0.221. The summed E-state index contributed by atoms with van der Waals surface area (Å²) < 4.78 is 6.34. The Bertz CT molecular complexity index is 718. The monoisotopic (exact) mass is 358 g/mol. The molecule has 0 aliphatic rings. The fourth-order valence-corrected chi connectivity index (χ4v) is 2.30. The molecule has 112 valence electrons. The first-order valence-electron chi connectivity index (χ1n) is 6.77. The molecule has 0 heterocycles. The molecule has 0 fully saturated rings. The third-order valence-corrected chi connectivity index (χ3v) is 3.45. The van der Waals surface area contributed by atoms with Gasteiger partial charge in [0.15, 0.2) is 0 Å². The number of amides is 1. The molecule has 0 aromatic heterocycles. The Kier molecular flexibility index (Phi) is 5.18. The molecule has 1 N–H and O–H groups in total. The molecular weight excluding hydrogens is 344 g/mol. The van der Waals surface area contributed by atoms with Gasteiger partial charge in [-0.2, -0.15) is 5.26 Å². The van der Waals surface area contributed by atoms with E-state index in [1.165, 1.54) is 0 Å². The minimum absolute atomic E-state index is 0.0645. The lowest BCUT2D eigenvalue weighted by Crippen LogP contribution is -2.12. The summed E-state index contributed by atoms with van der Waals surface area (Å²) in [6.45, 7) is 3.88. The Balaban J connectivity index is 2.12. The number of ether oxygens (including phenoxy) is 1. The summed E-state index contributed by atoms with van der Waals surface area (Å²) in [4.78, 5) is 12.2. The lowest BCUT2D eigenvalue weighted by atomic mass is 10.2. The van der Waals surface area contributed by atoms with Gasteiger partial charge < -0.3 is 10.1 Å². The van der Waals surface area contributed by atoms with Crippen molar-refractivity contribution in [1.82, 2.24) is 0 Å². The highest BCUT2D eigenvalue weighted by atomic mass is 79.9. The Morgan fingerprint density at radius 3 is 2.45 bits per heavy atom. The lowest BCUT2D eigenvalue weighted by Gasteiger charge is -2.12. The van der Waals surface area contributed by atoms with Crippen molar-refractivity contribution in [3.05, 3.63) is 58.1 Å². The number of hydrogen-bond acceptors (Lipinski definition) is 3. The molecule has 0 bridgehead atoms. The van der Waals surface area contributed by atoms with E-state index in [1.54, 1.807) is 42.5 Å². The van der Waals surface area contributed by atoms with Crippen molar-refractivity contribution >= 4 is 27.5 Å². The van der Waals surface area contributed by atoms with E-state index in [2.05, 4.69) is 21.2 Å². The Morgan fingerprint density at radius 2 is 1.91 bits per heavy atom. The summed E-state index contributed by atoms with van der Waals surface area (Å²) in [6.07, 6.45) is 0.0645. The first-order chi connectivity index (χ1) is 10.5. The summed E-state index contributed by atoms with van der Waals surface area (Å²) in [5.74, 6) is 0.478. The van der Waals surface area contributed by atoms with Gasteiger partial charge in [0.25, 0.3) is 5.91 Å². The highest BCUT2D eigenvalue weighted by Crippen LogP contribution is 2.27. The Morgan fingerprint density at radius 1 is 1.23 bits per heavy atom. The number of nitriles is 1. The highest BCUT2D eigenvalue weighted by molar-refractivity contribution is 9.10. The van der Waals surface area contributed by atoms with Crippen LogP contribution in [-0.4, -0.2) is 12.0 Å². The van der Waals surface area contributed by atoms with Crippen molar-refractivity contribution in [3.63, 3.8) is 0 Å². The smallest absolute Gasteiger partial charge is 0.255 e. The van der Waals surface area contributed by atoms with Gasteiger partial charge in [-0.1, -0.05) is 0 Å². The number of nitrogens with zero attached hydrogens (tertiary/aromatic N) is 1. The standard InChI is InChI=1S/C17H15BrN2O2/c1-11(2)22-16-8-5-13(9-15(16)18)17(21)20-14-6-3-12(10-19)4-7-14/h3-9,11H,1-2H3,(H,20,21). The van der Waals surface area contributed by atoms with E-state index in [9.17, 15) is 4.79 Å². The number of halogens is 1. The molecule has 0 atom stereocenters. The number of carbonyl (C=O) groups excluding carboxylic acids is 1. The fourth-order valence-electron chi connectivity index (χ4n) is 1.82. The van der Waals surface area contributed by atoms with Gasteiger partial charge in [0, 0.05) is 11.3 Å². The SMILES string of the molecule is CC(C)Oc1ccc(C(=O)Nc2ccc(C#N)cc2)cc1Br. The zero-order chi connectivity index (χ0) is 16.1. The van der Waals surface area contributed by atoms with Crippen LogP contribution in [0.1, 0.15) is 29.8 Å². The second-order valence-corrected chi connectivity index (χ2v) is 5.81. The number of rotatable bonds is 4. The van der Waals surface area contributed by atoms with Gasteiger partial charge in [-0.15, -0.1) is 0 Å². The Labute approximate surface area is 137 Å². The number of anilines is 1. The van der Waals surface area contributed by atoms with Gasteiger partial charge in [-0.25, -0.2) is 0 Å². The molecule has 5 heteroatoms. The zero-order valence-electron chi connectivity index (χ0n) is 12.3. The van der Waals surface area contributed by atoms with Crippen LogP contribution in [0, 0.1) is 11.3 Å². The van der Waals surface area contributed by atoms with E-state index >= 15 is 0 Å². The maximum atomic E-state index is 12.2. The van der Waals surface area contributed by atoms with Crippen molar-refractivity contribution < 1.29 is 9.53 Å². The number of nitrogens with one attached hydrogen (secondary N) is 1. The molecular formula is C17H15BrN2O2. The molecule has 22 heavy (non-hydrogen) atoms. The molecule has 2 aromatic rings. The minimum Gasteiger partial charge on any atom is -0.490 e. The van der Waals surface area contributed by atoms with Gasteiger partial charge >= 0.3 is 0 Å². The number of hydrogen-bond donors (Lipinski definition) is 1. The third-order valence-electron chi connectivity index (χ3n) is 2.83. The topological polar surface area (TPSA) is 62.1 Å². The number of benzene rings is 2. The highest BCUT2D eigenvalue weighted by Gasteiger charge is 2.10. The van der Waals surface area contributed by atoms with Crippen LogP contribution in [0.5, 0.6) is 5.75 Å². The summed E-state index contributed by atoms with van der Waals surface area (Å²) in [6, 6.07) is 13.9. The van der Waals surface area contributed by atoms with Crippen LogP contribution in [0.3, 0.4) is 0 Å². The van der Waals surface area contributed by atoms with E-state index in [0.29, 0.717) is 22.6 Å². The molecule has 2 aromatic carbocycles. The molecule has 0 saturated heterocycles. The van der Waals surface area contributed by atoms with E-state index in [0.717, 1.165) is 4.47 Å². The fraction of sp³-hybridized carbons (Fsp3) is 0.176. The van der Waals surface area contributed by atoms with Crippen LogP contribution in [0.4, 0.5) is 5.69 Å². The third kappa shape index (κ3) is 4.09. The van der Waals surface area contributed by atoms with Gasteiger partial charge in [-0.05, 0) is 72.2 Å². The van der Waals surface area contributed by atoms with Crippen LogP contribution in [0.2, 0.25) is 0 Å². The van der Waals surface area contributed by atoms with E-state index in [1.807, 2.05) is 19.9 Å². The van der Waals surface area contributed by atoms with Crippen molar-refractivity contribution in [1.29, 1.82) is 5.26 Å². The van der Waals surface area contributed by atoms with E-state index in [4.69, 9.17) is 10.00 Å². The predicted octanol–water partition coefficient (Wildman–Crippen LogP) is 4.36. The predicted molar refractivity (Wildman–Crippen MR) is 89.0 cm³/mol. The normalized spacial score (nSPS) is 10.1. The molecule has 0 radical (unpaired) electrons. The summed E-state index contributed by atoms with van der Waals surface area (Å²) in [7, 11) is 0. The van der Waals surface area contributed by atoms with Crippen molar-refractivity contribution in [2.75, 3.05) is 5.32 Å². The van der Waals surface area contributed by atoms with Gasteiger partial charge in [-0.3, -0.25) is 4.79 Å². The second kappa shape index (κ2) is 7.10.